The molecule has 15 heavy (non-hydrogen) atoms. The van der Waals surface area contributed by atoms with Crippen molar-refractivity contribution in [1.29, 1.82) is 0 Å². The van der Waals surface area contributed by atoms with Crippen LogP contribution in [0.15, 0.2) is 0 Å². The first-order chi connectivity index (χ1) is 7.20. The van der Waals surface area contributed by atoms with Crippen LogP contribution in [-0.2, 0) is 8.85 Å². The molecule has 0 heterocycles. The molecular weight excluding hydrogens is 222 g/mol. The lowest BCUT2D eigenvalue weighted by molar-refractivity contribution is 0.424. The van der Waals surface area contributed by atoms with E-state index in [1.807, 2.05) is 14.2 Å². The van der Waals surface area contributed by atoms with Crippen molar-refractivity contribution in [3.63, 3.8) is 0 Å². The molecule has 0 aliphatic heterocycles. The van der Waals surface area contributed by atoms with Gasteiger partial charge in [0.1, 0.15) is 0 Å². The van der Waals surface area contributed by atoms with Crippen LogP contribution in [-0.4, -0.2) is 46.8 Å². The van der Waals surface area contributed by atoms with Gasteiger partial charge >= 0.3 is 0 Å². The minimum Gasteiger partial charge on any atom is -0.427 e. The molecule has 0 saturated carbocycles. The van der Waals surface area contributed by atoms with Gasteiger partial charge in [-0.2, -0.15) is 0 Å². The molecule has 92 valence electrons. The van der Waals surface area contributed by atoms with Gasteiger partial charge in [0.25, 0.3) is 0 Å². The minimum absolute atomic E-state index is 0.265. The smallest absolute Gasteiger partial charge is 0.163 e. The predicted octanol–water partition coefficient (Wildman–Crippen LogP) is 0.433. The Labute approximate surface area is 99.2 Å². The zero-order valence-corrected chi connectivity index (χ0v) is 13.5. The summed E-state index contributed by atoms with van der Waals surface area (Å²) in [5.74, 6) is 0. The lowest BCUT2D eigenvalue weighted by Crippen LogP contribution is -2.21. The summed E-state index contributed by atoms with van der Waals surface area (Å²) in [5, 5.41) is 3.50. The SMILES string of the molecule is CO[SiH2]C(C)CCNCCC(C)[SiH2]OC. The summed E-state index contributed by atoms with van der Waals surface area (Å²) in [5.41, 5.74) is 1.60. The fraction of sp³-hybridized carbons (Fsp3) is 1.00. The Morgan fingerprint density at radius 2 is 1.33 bits per heavy atom. The highest BCUT2D eigenvalue weighted by atomic mass is 28.2. The van der Waals surface area contributed by atoms with Crippen molar-refractivity contribution in [1.82, 2.24) is 5.32 Å². The largest absolute Gasteiger partial charge is 0.427 e. The summed E-state index contributed by atoms with van der Waals surface area (Å²) in [7, 11) is 3.12. The first kappa shape index (κ1) is 15.3. The van der Waals surface area contributed by atoms with Crippen molar-refractivity contribution < 1.29 is 8.85 Å². The zero-order chi connectivity index (χ0) is 11.5. The van der Waals surface area contributed by atoms with Crippen molar-refractivity contribution in [2.75, 3.05) is 27.3 Å². The highest BCUT2D eigenvalue weighted by Crippen LogP contribution is 2.07. The van der Waals surface area contributed by atoms with Crippen LogP contribution in [0, 0.1) is 0 Å². The lowest BCUT2D eigenvalue weighted by atomic mass is 10.3. The molecule has 0 aromatic heterocycles. The Balaban J connectivity index is 3.17. The molecule has 1 N–H and O–H groups in total. The maximum Gasteiger partial charge on any atom is 0.163 e. The van der Waals surface area contributed by atoms with Gasteiger partial charge in [-0.1, -0.05) is 13.8 Å². The molecule has 0 spiro atoms. The van der Waals surface area contributed by atoms with Gasteiger partial charge in [-0.15, -0.1) is 0 Å². The molecule has 0 aromatic carbocycles. The van der Waals surface area contributed by atoms with Gasteiger partial charge in [0, 0.05) is 14.2 Å². The van der Waals surface area contributed by atoms with E-state index in [1.165, 1.54) is 12.8 Å². The van der Waals surface area contributed by atoms with Gasteiger partial charge < -0.3 is 14.2 Å². The van der Waals surface area contributed by atoms with Crippen molar-refractivity contribution >= 4 is 19.5 Å². The van der Waals surface area contributed by atoms with Crippen LogP contribution in [0.5, 0.6) is 0 Å². The second-order valence-corrected chi connectivity index (χ2v) is 9.06. The van der Waals surface area contributed by atoms with E-state index in [4.69, 9.17) is 8.85 Å². The summed E-state index contributed by atoms with van der Waals surface area (Å²) in [4.78, 5) is 0. The Hall–Kier alpha value is 0.314. The van der Waals surface area contributed by atoms with Crippen molar-refractivity contribution in [2.45, 2.75) is 37.8 Å². The molecule has 0 radical (unpaired) electrons. The van der Waals surface area contributed by atoms with Gasteiger partial charge in [-0.25, -0.2) is 0 Å². The van der Waals surface area contributed by atoms with E-state index < -0.39 is 0 Å². The predicted molar refractivity (Wildman–Crippen MR) is 72.1 cm³/mol. The highest BCUT2D eigenvalue weighted by Gasteiger charge is 2.03. The minimum atomic E-state index is -0.265. The van der Waals surface area contributed by atoms with Gasteiger partial charge in [-0.3, -0.25) is 0 Å². The quantitative estimate of drug-likeness (QED) is 0.450. The van der Waals surface area contributed by atoms with Crippen molar-refractivity contribution in [3.05, 3.63) is 0 Å². The maximum atomic E-state index is 5.23. The molecule has 0 aliphatic carbocycles. The molecule has 0 bridgehead atoms. The number of hydrogen-bond donors (Lipinski definition) is 1. The third-order valence-electron chi connectivity index (χ3n) is 2.53. The van der Waals surface area contributed by atoms with Crippen LogP contribution < -0.4 is 5.32 Å². The summed E-state index contributed by atoms with van der Waals surface area (Å²) in [6.07, 6.45) is 2.52. The van der Waals surface area contributed by atoms with Crippen LogP contribution >= 0.6 is 0 Å². The zero-order valence-electron chi connectivity index (χ0n) is 10.7. The van der Waals surface area contributed by atoms with E-state index >= 15 is 0 Å². The average molecular weight is 250 g/mol. The average Bonchev–Trinajstić information content (AvgIpc) is 2.18. The molecular formula is C10H27NO2Si2. The summed E-state index contributed by atoms with van der Waals surface area (Å²) in [6.45, 7) is 6.85. The van der Waals surface area contributed by atoms with Gasteiger partial charge in [0.2, 0.25) is 0 Å². The Bertz CT molecular complexity index is 125. The van der Waals surface area contributed by atoms with Gasteiger partial charge in [-0.05, 0) is 37.0 Å². The fourth-order valence-electron chi connectivity index (χ4n) is 1.56. The molecule has 0 amide bonds. The molecule has 0 saturated heterocycles. The molecule has 0 aliphatic rings. The monoisotopic (exact) mass is 249 g/mol. The van der Waals surface area contributed by atoms with Crippen LogP contribution in [0.1, 0.15) is 26.7 Å². The van der Waals surface area contributed by atoms with Gasteiger partial charge in [0.05, 0.1) is 0 Å². The standard InChI is InChI=1S/C10H27NO2Si2/c1-9(14-12-3)5-7-11-8-6-10(2)15-13-4/h9-11H,5-8,14-15H2,1-4H3. The Morgan fingerprint density at radius 3 is 1.67 bits per heavy atom. The van der Waals surface area contributed by atoms with E-state index in [2.05, 4.69) is 19.2 Å². The fourth-order valence-corrected chi connectivity index (χ4v) is 3.44. The molecule has 2 atom stereocenters. The Morgan fingerprint density at radius 1 is 0.933 bits per heavy atom. The lowest BCUT2D eigenvalue weighted by Gasteiger charge is -2.12. The molecule has 3 nitrogen and oxygen atoms in total. The maximum absolute atomic E-state index is 5.23. The van der Waals surface area contributed by atoms with E-state index in [1.54, 1.807) is 0 Å². The van der Waals surface area contributed by atoms with E-state index in [-0.39, 0.29) is 19.5 Å². The third-order valence-corrected chi connectivity index (χ3v) is 5.15. The second kappa shape index (κ2) is 10.8. The van der Waals surface area contributed by atoms with Crippen LogP contribution in [0.4, 0.5) is 0 Å². The molecule has 2 unspecified atom stereocenters. The van der Waals surface area contributed by atoms with Crippen LogP contribution in [0.2, 0.25) is 11.1 Å². The van der Waals surface area contributed by atoms with E-state index in [0.29, 0.717) is 0 Å². The first-order valence-electron chi connectivity index (χ1n) is 5.89. The topological polar surface area (TPSA) is 30.5 Å². The molecule has 5 heteroatoms. The Kier molecular flexibility index (Phi) is 11.0. The van der Waals surface area contributed by atoms with Crippen molar-refractivity contribution in [2.24, 2.45) is 0 Å². The third kappa shape index (κ3) is 10.6. The molecule has 0 fully saturated rings. The summed E-state index contributed by atoms with van der Waals surface area (Å²) < 4.78 is 10.5. The number of rotatable bonds is 10. The van der Waals surface area contributed by atoms with E-state index in [9.17, 15) is 0 Å². The molecule has 0 aromatic rings. The van der Waals surface area contributed by atoms with Gasteiger partial charge in [0.15, 0.2) is 19.5 Å². The highest BCUT2D eigenvalue weighted by molar-refractivity contribution is 6.29. The van der Waals surface area contributed by atoms with Crippen LogP contribution in [0.3, 0.4) is 0 Å². The molecule has 0 rings (SSSR count). The summed E-state index contributed by atoms with van der Waals surface area (Å²) >= 11 is 0. The van der Waals surface area contributed by atoms with Crippen molar-refractivity contribution in [3.8, 4) is 0 Å². The summed E-state index contributed by atoms with van der Waals surface area (Å²) in [6, 6.07) is 0. The second-order valence-electron chi connectivity index (χ2n) is 4.45. The van der Waals surface area contributed by atoms with E-state index in [0.717, 1.165) is 24.2 Å². The normalized spacial score (nSPS) is 16.8. The van der Waals surface area contributed by atoms with Crippen LogP contribution in [0.25, 0.3) is 0 Å². The number of hydrogen-bond acceptors (Lipinski definition) is 3. The number of nitrogens with one attached hydrogen (secondary N) is 1. The first-order valence-corrected chi connectivity index (χ1v) is 8.68.